The first kappa shape index (κ1) is 26.2. The van der Waals surface area contributed by atoms with Gasteiger partial charge in [0.2, 0.25) is 11.7 Å². The van der Waals surface area contributed by atoms with E-state index in [1.54, 1.807) is 12.1 Å². The predicted octanol–water partition coefficient (Wildman–Crippen LogP) is 4.67. The van der Waals surface area contributed by atoms with Gasteiger partial charge in [-0.05, 0) is 44.0 Å². The van der Waals surface area contributed by atoms with E-state index in [4.69, 9.17) is 20.5 Å². The highest BCUT2D eigenvalue weighted by Gasteiger charge is 2.28. The fourth-order valence-electron chi connectivity index (χ4n) is 3.85. The third-order valence-electron chi connectivity index (χ3n) is 5.86. The van der Waals surface area contributed by atoms with Crippen LogP contribution in [0.4, 0.5) is 5.69 Å². The van der Waals surface area contributed by atoms with Gasteiger partial charge in [0.25, 0.3) is 0 Å². The Hall–Kier alpha value is -2.89. The Labute approximate surface area is 215 Å². The Bertz CT molecular complexity index is 1530. The quantitative estimate of drug-likeness (QED) is 0.309. The third kappa shape index (κ3) is 5.28. The molecule has 9 nitrogen and oxygen atoms in total. The summed E-state index contributed by atoms with van der Waals surface area (Å²) in [4.78, 5) is 13.5. The van der Waals surface area contributed by atoms with Crippen molar-refractivity contribution in [1.82, 2.24) is 9.78 Å². The van der Waals surface area contributed by atoms with Crippen LogP contribution in [-0.4, -0.2) is 46.8 Å². The standard InChI is InChI=1S/C24H26ClN3O6S2/c1-16-7-9-17(10-8-16)36(31,32)34-24-19(15-26-28(24)2)23(29)18-11-12-20(33-3)22(21(18)25)27-35(30)13-5-4-6-14-35/h7-12,15H,4-6,13-14H2,1-3H3. The second-order valence-electron chi connectivity index (χ2n) is 8.48. The molecule has 0 radical (unpaired) electrons. The van der Waals surface area contributed by atoms with Crippen molar-refractivity contribution in [3.63, 3.8) is 0 Å². The Morgan fingerprint density at radius 3 is 2.39 bits per heavy atom. The summed E-state index contributed by atoms with van der Waals surface area (Å²) >= 11 is 6.62. The van der Waals surface area contributed by atoms with Gasteiger partial charge in [0.05, 0.1) is 28.1 Å². The molecule has 1 aliphatic heterocycles. The number of ketones is 1. The van der Waals surface area contributed by atoms with E-state index in [-0.39, 0.29) is 38.4 Å². The lowest BCUT2D eigenvalue weighted by atomic mass is 10.0. The van der Waals surface area contributed by atoms with E-state index in [0.29, 0.717) is 11.5 Å². The summed E-state index contributed by atoms with van der Waals surface area (Å²) in [6, 6.07) is 9.09. The summed E-state index contributed by atoms with van der Waals surface area (Å²) in [5, 5.41) is 3.98. The van der Waals surface area contributed by atoms with Crippen molar-refractivity contribution in [3.05, 3.63) is 64.3 Å². The summed E-state index contributed by atoms with van der Waals surface area (Å²) < 4.78 is 55.3. The van der Waals surface area contributed by atoms with Crippen LogP contribution in [0.5, 0.6) is 11.6 Å². The molecule has 1 saturated heterocycles. The Balaban J connectivity index is 1.75. The molecule has 12 heteroatoms. The van der Waals surface area contributed by atoms with E-state index in [1.165, 1.54) is 44.6 Å². The summed E-state index contributed by atoms with van der Waals surface area (Å²) in [5.41, 5.74) is 0.944. The van der Waals surface area contributed by atoms with E-state index in [1.807, 2.05) is 6.92 Å². The number of aromatic nitrogens is 2. The smallest absolute Gasteiger partial charge is 0.340 e. The van der Waals surface area contributed by atoms with Crippen molar-refractivity contribution in [1.29, 1.82) is 0 Å². The normalized spacial score (nSPS) is 15.3. The van der Waals surface area contributed by atoms with Crippen molar-refractivity contribution in [2.24, 2.45) is 11.4 Å². The molecule has 1 aliphatic rings. The summed E-state index contributed by atoms with van der Waals surface area (Å²) in [6.07, 6.45) is 3.80. The number of nitrogens with zero attached hydrogens (tertiary/aromatic N) is 3. The van der Waals surface area contributed by atoms with Crippen molar-refractivity contribution in [3.8, 4) is 11.6 Å². The predicted molar refractivity (Wildman–Crippen MR) is 137 cm³/mol. The zero-order chi connectivity index (χ0) is 26.1. The molecule has 0 bridgehead atoms. The summed E-state index contributed by atoms with van der Waals surface area (Å²) in [5.74, 6) is 0.294. The maximum Gasteiger partial charge on any atom is 0.340 e. The van der Waals surface area contributed by atoms with E-state index < -0.39 is 25.6 Å². The number of hydrogen-bond acceptors (Lipinski definition) is 8. The number of aryl methyl sites for hydroxylation is 2. The number of methoxy groups -OCH3 is 1. The Morgan fingerprint density at radius 2 is 1.75 bits per heavy atom. The Morgan fingerprint density at radius 1 is 1.08 bits per heavy atom. The maximum atomic E-state index is 13.5. The molecule has 0 saturated carbocycles. The minimum absolute atomic E-state index is 0.0283. The molecule has 1 fully saturated rings. The monoisotopic (exact) mass is 551 g/mol. The molecule has 0 amide bonds. The third-order valence-corrected chi connectivity index (χ3v) is 9.83. The van der Waals surface area contributed by atoms with Crippen LogP contribution in [0, 0.1) is 6.92 Å². The molecule has 36 heavy (non-hydrogen) atoms. The number of carbonyl (C=O) groups excluding carboxylic acids is 1. The molecule has 2 heterocycles. The molecule has 0 atom stereocenters. The molecular formula is C24H26ClN3O6S2. The molecule has 0 N–H and O–H groups in total. The SMILES string of the molecule is COc1ccc(C(=O)c2cnn(C)c2OS(=O)(=O)c2ccc(C)cc2)c(Cl)c1N=S1(=O)CCCCC1. The summed E-state index contributed by atoms with van der Waals surface area (Å²) in [7, 11) is -3.89. The maximum absolute atomic E-state index is 13.5. The average Bonchev–Trinajstić information content (AvgIpc) is 3.20. The van der Waals surface area contributed by atoms with Gasteiger partial charge in [-0.2, -0.15) is 17.9 Å². The minimum atomic E-state index is -4.24. The van der Waals surface area contributed by atoms with Gasteiger partial charge in [0, 0.05) is 24.1 Å². The van der Waals surface area contributed by atoms with Crippen LogP contribution in [0.2, 0.25) is 5.02 Å². The number of benzene rings is 2. The molecule has 0 aliphatic carbocycles. The lowest BCUT2D eigenvalue weighted by molar-refractivity contribution is 0.103. The van der Waals surface area contributed by atoms with E-state index in [2.05, 4.69) is 9.46 Å². The van der Waals surface area contributed by atoms with Crippen LogP contribution in [0.25, 0.3) is 0 Å². The van der Waals surface area contributed by atoms with Crippen molar-refractivity contribution in [2.75, 3.05) is 18.6 Å². The lowest BCUT2D eigenvalue weighted by Crippen LogP contribution is -2.16. The first-order valence-electron chi connectivity index (χ1n) is 11.2. The molecule has 1 aromatic heterocycles. The minimum Gasteiger partial charge on any atom is -0.494 e. The van der Waals surface area contributed by atoms with Crippen LogP contribution >= 0.6 is 11.6 Å². The van der Waals surface area contributed by atoms with E-state index in [0.717, 1.165) is 29.5 Å². The van der Waals surface area contributed by atoms with Crippen LogP contribution in [-0.2, 0) is 26.9 Å². The Kier molecular flexibility index (Phi) is 7.44. The highest BCUT2D eigenvalue weighted by molar-refractivity contribution is 7.93. The van der Waals surface area contributed by atoms with Crippen molar-refractivity contribution in [2.45, 2.75) is 31.1 Å². The van der Waals surface area contributed by atoms with Gasteiger partial charge in [-0.1, -0.05) is 35.7 Å². The molecule has 192 valence electrons. The first-order valence-corrected chi connectivity index (χ1v) is 14.9. The first-order chi connectivity index (χ1) is 17.0. The molecule has 2 aromatic carbocycles. The number of ether oxygens (including phenoxy) is 1. The van der Waals surface area contributed by atoms with E-state index >= 15 is 0 Å². The van der Waals surface area contributed by atoms with Gasteiger partial charge in [-0.25, -0.2) is 8.89 Å². The van der Waals surface area contributed by atoms with Crippen LogP contribution in [0.1, 0.15) is 40.7 Å². The molecule has 4 rings (SSSR count). The lowest BCUT2D eigenvalue weighted by Gasteiger charge is -2.17. The van der Waals surface area contributed by atoms with Gasteiger partial charge in [-0.3, -0.25) is 4.79 Å². The molecule has 0 spiro atoms. The number of carbonyl (C=O) groups is 1. The average molecular weight is 552 g/mol. The van der Waals surface area contributed by atoms with Crippen LogP contribution < -0.4 is 8.92 Å². The molecule has 0 unspecified atom stereocenters. The summed E-state index contributed by atoms with van der Waals surface area (Å²) in [6.45, 7) is 1.83. The number of halogens is 1. The zero-order valence-electron chi connectivity index (χ0n) is 20.1. The number of hydrogen-bond donors (Lipinski definition) is 0. The number of rotatable bonds is 7. The highest BCUT2D eigenvalue weighted by Crippen LogP contribution is 2.41. The van der Waals surface area contributed by atoms with Crippen LogP contribution in [0.15, 0.2) is 51.9 Å². The van der Waals surface area contributed by atoms with Gasteiger partial charge >= 0.3 is 10.1 Å². The largest absolute Gasteiger partial charge is 0.494 e. The van der Waals surface area contributed by atoms with E-state index in [9.17, 15) is 17.4 Å². The second-order valence-corrected chi connectivity index (χ2v) is 12.9. The fraction of sp³-hybridized carbons (Fsp3) is 0.333. The van der Waals surface area contributed by atoms with Crippen molar-refractivity contribution >= 4 is 42.9 Å². The van der Waals surface area contributed by atoms with Gasteiger partial charge in [0.1, 0.15) is 21.9 Å². The van der Waals surface area contributed by atoms with Crippen molar-refractivity contribution < 1.29 is 26.3 Å². The van der Waals surface area contributed by atoms with Gasteiger partial charge < -0.3 is 8.92 Å². The second kappa shape index (κ2) is 10.2. The van der Waals surface area contributed by atoms with Gasteiger partial charge in [0.15, 0.2) is 0 Å². The van der Waals surface area contributed by atoms with Gasteiger partial charge in [-0.15, -0.1) is 0 Å². The zero-order valence-corrected chi connectivity index (χ0v) is 22.5. The molecular weight excluding hydrogens is 526 g/mol. The molecule has 3 aromatic rings. The fourth-order valence-corrected chi connectivity index (χ4v) is 7.36. The highest BCUT2D eigenvalue weighted by atomic mass is 35.5. The topological polar surface area (TPSA) is 117 Å². The van der Waals surface area contributed by atoms with Crippen LogP contribution in [0.3, 0.4) is 0 Å².